The summed E-state index contributed by atoms with van der Waals surface area (Å²) < 4.78 is 18.4. The number of benzene rings is 2. The lowest BCUT2D eigenvalue weighted by Gasteiger charge is -2.00. The van der Waals surface area contributed by atoms with Gasteiger partial charge in [0.2, 0.25) is 5.89 Å². The Kier molecular flexibility index (Phi) is 3.58. The Labute approximate surface area is 124 Å². The zero-order valence-corrected chi connectivity index (χ0v) is 11.5. The summed E-state index contributed by atoms with van der Waals surface area (Å²) >= 11 is 5.88. The van der Waals surface area contributed by atoms with Gasteiger partial charge in [0.25, 0.3) is 0 Å². The Morgan fingerprint density at radius 3 is 2.71 bits per heavy atom. The fourth-order valence-electron chi connectivity index (χ4n) is 1.97. The van der Waals surface area contributed by atoms with E-state index >= 15 is 0 Å². The Bertz CT molecular complexity index is 812. The predicted octanol–water partition coefficient (Wildman–Crippen LogP) is 4.04. The molecular formula is C15H10ClFN2O2. The van der Waals surface area contributed by atoms with Crippen molar-refractivity contribution in [3.63, 3.8) is 0 Å². The molecule has 4 nitrogen and oxygen atoms in total. The number of hydrogen-bond donors (Lipinski definition) is 1. The molecule has 106 valence electrons. The molecule has 1 aromatic heterocycles. The highest BCUT2D eigenvalue weighted by molar-refractivity contribution is 6.31. The molecular weight excluding hydrogens is 295 g/mol. The average molecular weight is 305 g/mol. The van der Waals surface area contributed by atoms with Crippen molar-refractivity contribution in [2.24, 2.45) is 5.16 Å². The van der Waals surface area contributed by atoms with E-state index in [4.69, 9.17) is 21.2 Å². The molecule has 0 fully saturated rings. The molecule has 0 aliphatic carbocycles. The number of fused-ring (bicyclic) bond motifs is 1. The zero-order chi connectivity index (χ0) is 14.8. The maximum Gasteiger partial charge on any atom is 0.245 e. The predicted molar refractivity (Wildman–Crippen MR) is 77.4 cm³/mol. The summed E-state index contributed by atoms with van der Waals surface area (Å²) in [5, 5.41) is 12.9. The first-order valence-electron chi connectivity index (χ1n) is 6.17. The summed E-state index contributed by atoms with van der Waals surface area (Å²) in [7, 11) is 0. The van der Waals surface area contributed by atoms with Gasteiger partial charge >= 0.3 is 0 Å². The minimum Gasteiger partial charge on any atom is -0.435 e. The molecule has 6 heteroatoms. The molecule has 0 bridgehead atoms. The van der Waals surface area contributed by atoms with Crippen LogP contribution in [-0.4, -0.2) is 15.9 Å². The number of rotatable bonds is 3. The van der Waals surface area contributed by atoms with E-state index in [0.717, 1.165) is 5.56 Å². The number of oxime groups is 1. The second kappa shape index (κ2) is 5.54. The van der Waals surface area contributed by atoms with Gasteiger partial charge in [-0.25, -0.2) is 9.37 Å². The Morgan fingerprint density at radius 1 is 1.24 bits per heavy atom. The molecule has 0 saturated heterocycles. The van der Waals surface area contributed by atoms with Crippen LogP contribution in [0.5, 0.6) is 0 Å². The number of aromatic nitrogens is 1. The fourth-order valence-corrected chi connectivity index (χ4v) is 2.13. The van der Waals surface area contributed by atoms with Gasteiger partial charge in [-0.2, -0.15) is 0 Å². The Hall–Kier alpha value is -2.40. The molecule has 21 heavy (non-hydrogen) atoms. The van der Waals surface area contributed by atoms with Crippen molar-refractivity contribution in [3.05, 3.63) is 64.8 Å². The summed E-state index contributed by atoms with van der Waals surface area (Å²) in [5.74, 6) is -0.114. The van der Waals surface area contributed by atoms with Crippen LogP contribution in [0.3, 0.4) is 0 Å². The van der Waals surface area contributed by atoms with Gasteiger partial charge in [0.05, 0.1) is 0 Å². The van der Waals surface area contributed by atoms with Crippen molar-refractivity contribution in [3.8, 4) is 0 Å². The summed E-state index contributed by atoms with van der Waals surface area (Å²) in [6.07, 6.45) is 0.275. The lowest BCUT2D eigenvalue weighted by molar-refractivity contribution is 0.317. The first-order chi connectivity index (χ1) is 10.2. The van der Waals surface area contributed by atoms with Crippen molar-refractivity contribution >= 4 is 28.4 Å². The summed E-state index contributed by atoms with van der Waals surface area (Å²) in [6, 6.07) is 11.0. The molecule has 0 unspecified atom stereocenters. The van der Waals surface area contributed by atoms with E-state index in [2.05, 4.69) is 10.1 Å². The van der Waals surface area contributed by atoms with Crippen LogP contribution < -0.4 is 0 Å². The third kappa shape index (κ3) is 2.87. The maximum atomic E-state index is 12.9. The van der Waals surface area contributed by atoms with Crippen LogP contribution in [0.25, 0.3) is 11.1 Å². The van der Waals surface area contributed by atoms with Crippen molar-refractivity contribution in [1.82, 2.24) is 4.98 Å². The summed E-state index contributed by atoms with van der Waals surface area (Å²) in [5.41, 5.74) is 2.17. The largest absolute Gasteiger partial charge is 0.435 e. The van der Waals surface area contributed by atoms with Gasteiger partial charge < -0.3 is 9.62 Å². The van der Waals surface area contributed by atoms with Crippen LogP contribution in [0.4, 0.5) is 4.39 Å². The molecule has 2 aromatic carbocycles. The standard InChI is InChI=1S/C15H10ClFN2O2/c16-10-3-6-12-14(8-10)21-15(18-12)13(19-20)7-9-1-4-11(17)5-2-9/h1-6,8,20H,7H2/b19-13+. The summed E-state index contributed by atoms with van der Waals surface area (Å²) in [4.78, 5) is 4.25. The monoisotopic (exact) mass is 304 g/mol. The minimum absolute atomic E-state index is 0.207. The van der Waals surface area contributed by atoms with Crippen molar-refractivity contribution in [2.45, 2.75) is 6.42 Å². The molecule has 0 saturated carbocycles. The SMILES string of the molecule is O/N=C(\Cc1ccc(F)cc1)c1nc2ccc(Cl)cc2o1. The number of oxazole rings is 1. The van der Waals surface area contributed by atoms with Gasteiger partial charge in [0.1, 0.15) is 17.0 Å². The van der Waals surface area contributed by atoms with Crippen LogP contribution >= 0.6 is 11.6 Å². The number of hydrogen-bond acceptors (Lipinski definition) is 4. The van der Waals surface area contributed by atoms with Crippen molar-refractivity contribution < 1.29 is 14.0 Å². The van der Waals surface area contributed by atoms with Crippen molar-refractivity contribution in [1.29, 1.82) is 0 Å². The molecule has 0 atom stereocenters. The topological polar surface area (TPSA) is 58.6 Å². The molecule has 0 aliphatic heterocycles. The van der Waals surface area contributed by atoms with Crippen molar-refractivity contribution in [2.75, 3.05) is 0 Å². The van der Waals surface area contributed by atoms with E-state index in [-0.39, 0.29) is 23.8 Å². The normalized spacial score (nSPS) is 12.0. The molecule has 3 rings (SSSR count). The van der Waals surface area contributed by atoms with Crippen LogP contribution in [0.2, 0.25) is 5.02 Å². The second-order valence-corrected chi connectivity index (χ2v) is 4.92. The average Bonchev–Trinajstić information content (AvgIpc) is 2.89. The molecule has 1 heterocycles. The quantitative estimate of drug-likeness (QED) is 0.451. The molecule has 3 aromatic rings. The first kappa shape index (κ1) is 13.6. The smallest absolute Gasteiger partial charge is 0.245 e. The van der Waals surface area contributed by atoms with Gasteiger partial charge in [-0.1, -0.05) is 28.9 Å². The van der Waals surface area contributed by atoms with Crippen LogP contribution in [0.1, 0.15) is 11.5 Å². The Balaban J connectivity index is 1.93. The minimum atomic E-state index is -0.322. The van der Waals surface area contributed by atoms with Gasteiger partial charge in [0, 0.05) is 17.5 Å². The lowest BCUT2D eigenvalue weighted by atomic mass is 10.1. The molecule has 0 radical (unpaired) electrons. The lowest BCUT2D eigenvalue weighted by Crippen LogP contribution is -2.05. The fraction of sp³-hybridized carbons (Fsp3) is 0.0667. The molecule has 0 spiro atoms. The van der Waals surface area contributed by atoms with Crippen LogP contribution in [0, 0.1) is 5.82 Å². The van der Waals surface area contributed by atoms with Gasteiger partial charge in [-0.3, -0.25) is 0 Å². The highest BCUT2D eigenvalue weighted by atomic mass is 35.5. The van der Waals surface area contributed by atoms with E-state index in [1.807, 2.05) is 0 Å². The highest BCUT2D eigenvalue weighted by Gasteiger charge is 2.14. The van der Waals surface area contributed by atoms with E-state index in [1.54, 1.807) is 30.3 Å². The third-order valence-corrected chi connectivity index (χ3v) is 3.24. The van der Waals surface area contributed by atoms with Crippen LogP contribution in [-0.2, 0) is 6.42 Å². The highest BCUT2D eigenvalue weighted by Crippen LogP contribution is 2.21. The molecule has 1 N–H and O–H groups in total. The first-order valence-corrected chi connectivity index (χ1v) is 6.55. The van der Waals surface area contributed by atoms with E-state index in [0.29, 0.717) is 16.1 Å². The molecule has 0 aliphatic rings. The number of nitrogens with zero attached hydrogens (tertiary/aromatic N) is 2. The van der Waals surface area contributed by atoms with E-state index in [9.17, 15) is 4.39 Å². The second-order valence-electron chi connectivity index (χ2n) is 4.48. The summed E-state index contributed by atoms with van der Waals surface area (Å²) in [6.45, 7) is 0. The molecule has 0 amide bonds. The third-order valence-electron chi connectivity index (χ3n) is 3.00. The van der Waals surface area contributed by atoms with E-state index in [1.165, 1.54) is 12.1 Å². The Morgan fingerprint density at radius 2 is 2.00 bits per heavy atom. The number of halogens is 2. The van der Waals surface area contributed by atoms with Crippen LogP contribution in [0.15, 0.2) is 52.0 Å². The van der Waals surface area contributed by atoms with Gasteiger partial charge in [-0.15, -0.1) is 0 Å². The van der Waals surface area contributed by atoms with E-state index < -0.39 is 0 Å². The van der Waals surface area contributed by atoms with Gasteiger partial charge in [-0.05, 0) is 29.8 Å². The maximum absolute atomic E-state index is 12.9. The van der Waals surface area contributed by atoms with Gasteiger partial charge in [0.15, 0.2) is 5.58 Å². The zero-order valence-electron chi connectivity index (χ0n) is 10.8.